The number of benzene rings is 1. The van der Waals surface area contributed by atoms with E-state index in [9.17, 15) is 4.79 Å². The molecule has 15 heavy (non-hydrogen) atoms. The van der Waals surface area contributed by atoms with Crippen LogP contribution in [0.25, 0.3) is 0 Å². The monoisotopic (exact) mass is 273 g/mol. The van der Waals surface area contributed by atoms with Gasteiger partial charge in [-0.2, -0.15) is 0 Å². The second kappa shape index (κ2) is 4.63. The van der Waals surface area contributed by atoms with Gasteiger partial charge in [0.1, 0.15) is 11.8 Å². The summed E-state index contributed by atoms with van der Waals surface area (Å²) < 4.78 is 5.67. The molecule has 1 aromatic rings. The number of aryl methyl sites for hydroxylation is 1. The maximum atomic E-state index is 10.8. The molecule has 0 aliphatic rings. The van der Waals surface area contributed by atoms with Gasteiger partial charge in [-0.05, 0) is 34.5 Å². The highest BCUT2D eigenvalue weighted by Crippen LogP contribution is 2.34. The fraction of sp³-hybridized carbons (Fsp3) is 0.300. The van der Waals surface area contributed by atoms with Crippen molar-refractivity contribution < 1.29 is 14.6 Å². The van der Waals surface area contributed by atoms with E-state index in [2.05, 4.69) is 15.9 Å². The van der Waals surface area contributed by atoms with Crippen molar-refractivity contribution in [2.75, 3.05) is 7.11 Å². The average molecular weight is 274 g/mol. The van der Waals surface area contributed by atoms with Crippen LogP contribution in [0.2, 0.25) is 0 Å². The Kier molecular flexibility index (Phi) is 3.71. The molecule has 0 aromatic heterocycles. The highest BCUT2D eigenvalue weighted by molar-refractivity contribution is 9.10. The molecule has 0 heterocycles. The number of methoxy groups -OCH3 is 1. The Morgan fingerprint density at radius 2 is 2.20 bits per heavy atom. The molecule has 0 aliphatic carbocycles. The normalized spacial score (nSPS) is 12.3. The number of halogens is 1. The molecule has 0 saturated heterocycles. The third-order valence-electron chi connectivity index (χ3n) is 2.16. The van der Waals surface area contributed by atoms with Gasteiger partial charge in [0, 0.05) is 5.56 Å². The first-order chi connectivity index (χ1) is 6.99. The Balaban J connectivity index is 3.32. The third-order valence-corrected chi connectivity index (χ3v) is 2.98. The van der Waals surface area contributed by atoms with Crippen LogP contribution in [-0.2, 0) is 4.79 Å². The lowest BCUT2D eigenvalue weighted by atomic mass is 10.0. The van der Waals surface area contributed by atoms with E-state index in [0.717, 1.165) is 5.56 Å². The van der Waals surface area contributed by atoms with Gasteiger partial charge in [-0.25, -0.2) is 0 Å². The molecule has 1 unspecified atom stereocenters. The summed E-state index contributed by atoms with van der Waals surface area (Å²) in [5.41, 5.74) is 6.94. The minimum absolute atomic E-state index is 0.543. The Hall–Kier alpha value is -1.07. The molecule has 1 aromatic carbocycles. The summed E-state index contributed by atoms with van der Waals surface area (Å²) in [6, 6.07) is 2.49. The van der Waals surface area contributed by atoms with Crippen LogP contribution < -0.4 is 10.5 Å². The summed E-state index contributed by atoms with van der Waals surface area (Å²) in [5, 5.41) is 8.86. The lowest BCUT2D eigenvalue weighted by Crippen LogP contribution is -2.22. The van der Waals surface area contributed by atoms with Gasteiger partial charge < -0.3 is 15.6 Å². The largest absolute Gasteiger partial charge is 0.496 e. The minimum atomic E-state index is -1.06. The van der Waals surface area contributed by atoms with Gasteiger partial charge >= 0.3 is 5.97 Å². The van der Waals surface area contributed by atoms with Crippen molar-refractivity contribution in [3.8, 4) is 5.75 Å². The third kappa shape index (κ3) is 2.30. The topological polar surface area (TPSA) is 72.5 Å². The van der Waals surface area contributed by atoms with Crippen LogP contribution in [0.1, 0.15) is 17.2 Å². The molecule has 0 amide bonds. The van der Waals surface area contributed by atoms with Crippen LogP contribution in [0.15, 0.2) is 16.6 Å². The highest BCUT2D eigenvalue weighted by Gasteiger charge is 2.21. The summed E-state index contributed by atoms with van der Waals surface area (Å²) in [5.74, 6) is -0.487. The number of hydrogen-bond donors (Lipinski definition) is 2. The molecule has 3 N–H and O–H groups in total. The SMILES string of the molecule is COc1ccc(C)c(C(N)C(=O)O)c1Br. The number of ether oxygens (including phenoxy) is 1. The van der Waals surface area contributed by atoms with Crippen LogP contribution in [0.5, 0.6) is 5.75 Å². The maximum Gasteiger partial charge on any atom is 0.325 e. The van der Waals surface area contributed by atoms with E-state index in [1.165, 1.54) is 7.11 Å². The number of rotatable bonds is 3. The molecular weight excluding hydrogens is 262 g/mol. The van der Waals surface area contributed by atoms with Gasteiger partial charge in [0.15, 0.2) is 0 Å². The first-order valence-corrected chi connectivity index (χ1v) is 5.09. The smallest absolute Gasteiger partial charge is 0.325 e. The predicted molar refractivity (Wildman–Crippen MR) is 60.0 cm³/mol. The van der Waals surface area contributed by atoms with Crippen molar-refractivity contribution in [2.24, 2.45) is 5.73 Å². The molecule has 0 spiro atoms. The molecule has 0 bridgehead atoms. The van der Waals surface area contributed by atoms with E-state index in [1.54, 1.807) is 12.1 Å². The van der Waals surface area contributed by atoms with Gasteiger partial charge in [0.2, 0.25) is 0 Å². The van der Waals surface area contributed by atoms with Crippen LogP contribution >= 0.6 is 15.9 Å². The van der Waals surface area contributed by atoms with Crippen molar-refractivity contribution in [3.63, 3.8) is 0 Å². The Morgan fingerprint density at radius 3 is 2.67 bits per heavy atom. The van der Waals surface area contributed by atoms with E-state index in [-0.39, 0.29) is 0 Å². The Labute approximate surface area is 96.2 Å². The number of nitrogens with two attached hydrogens (primary N) is 1. The van der Waals surface area contributed by atoms with Gasteiger partial charge in [-0.3, -0.25) is 4.79 Å². The molecule has 82 valence electrons. The number of carbonyl (C=O) groups is 1. The van der Waals surface area contributed by atoms with Gasteiger partial charge in [0.05, 0.1) is 11.6 Å². The van der Waals surface area contributed by atoms with E-state index in [1.807, 2.05) is 6.92 Å². The standard InChI is InChI=1S/C10H12BrNO3/c1-5-3-4-6(15-2)8(11)7(5)9(12)10(13)14/h3-4,9H,12H2,1-2H3,(H,13,14). The van der Waals surface area contributed by atoms with Crippen molar-refractivity contribution in [3.05, 3.63) is 27.7 Å². The number of aliphatic carboxylic acids is 1. The maximum absolute atomic E-state index is 10.8. The van der Waals surface area contributed by atoms with Crippen molar-refractivity contribution in [2.45, 2.75) is 13.0 Å². The first-order valence-electron chi connectivity index (χ1n) is 4.30. The van der Waals surface area contributed by atoms with Gasteiger partial charge in [0.25, 0.3) is 0 Å². The molecular formula is C10H12BrNO3. The predicted octanol–water partition coefficient (Wildman–Crippen LogP) is 1.85. The molecule has 1 rings (SSSR count). The number of hydrogen-bond acceptors (Lipinski definition) is 3. The van der Waals surface area contributed by atoms with Crippen molar-refractivity contribution in [1.29, 1.82) is 0 Å². The van der Waals surface area contributed by atoms with Crippen LogP contribution in [0.4, 0.5) is 0 Å². The van der Waals surface area contributed by atoms with E-state index in [4.69, 9.17) is 15.6 Å². The fourth-order valence-corrected chi connectivity index (χ4v) is 2.19. The van der Waals surface area contributed by atoms with Crippen LogP contribution in [0, 0.1) is 6.92 Å². The van der Waals surface area contributed by atoms with Crippen molar-refractivity contribution >= 4 is 21.9 Å². The molecule has 0 saturated carbocycles. The summed E-state index contributed by atoms with van der Waals surface area (Å²) in [4.78, 5) is 10.8. The lowest BCUT2D eigenvalue weighted by Gasteiger charge is -2.15. The molecule has 0 fully saturated rings. The fourth-order valence-electron chi connectivity index (χ4n) is 1.33. The Morgan fingerprint density at radius 1 is 1.60 bits per heavy atom. The minimum Gasteiger partial charge on any atom is -0.496 e. The number of carboxylic acid groups (broad SMARTS) is 1. The zero-order chi connectivity index (χ0) is 11.6. The second-order valence-electron chi connectivity index (χ2n) is 3.13. The first kappa shape index (κ1) is 12.0. The lowest BCUT2D eigenvalue weighted by molar-refractivity contribution is -0.138. The van der Waals surface area contributed by atoms with Crippen LogP contribution in [-0.4, -0.2) is 18.2 Å². The zero-order valence-corrected chi connectivity index (χ0v) is 10.0. The quantitative estimate of drug-likeness (QED) is 0.882. The van der Waals surface area contributed by atoms with E-state index < -0.39 is 12.0 Å². The highest BCUT2D eigenvalue weighted by atomic mass is 79.9. The second-order valence-corrected chi connectivity index (χ2v) is 3.92. The average Bonchev–Trinajstić information content (AvgIpc) is 2.17. The zero-order valence-electron chi connectivity index (χ0n) is 8.45. The summed E-state index contributed by atoms with van der Waals surface area (Å²) >= 11 is 3.29. The molecule has 4 nitrogen and oxygen atoms in total. The molecule has 1 atom stereocenters. The molecule has 5 heteroatoms. The van der Waals surface area contributed by atoms with Crippen LogP contribution in [0.3, 0.4) is 0 Å². The van der Waals surface area contributed by atoms with E-state index >= 15 is 0 Å². The van der Waals surface area contributed by atoms with Crippen molar-refractivity contribution in [1.82, 2.24) is 0 Å². The summed E-state index contributed by atoms with van der Waals surface area (Å²) in [6.45, 7) is 1.81. The van der Waals surface area contributed by atoms with E-state index in [0.29, 0.717) is 15.8 Å². The molecule has 0 aliphatic heterocycles. The summed E-state index contributed by atoms with van der Waals surface area (Å²) in [6.07, 6.45) is 0. The van der Waals surface area contributed by atoms with Gasteiger partial charge in [-0.1, -0.05) is 6.07 Å². The molecule has 0 radical (unpaired) electrons. The summed E-state index contributed by atoms with van der Waals surface area (Å²) in [7, 11) is 1.52. The Bertz CT molecular complexity index is 392. The van der Waals surface area contributed by atoms with Gasteiger partial charge in [-0.15, -0.1) is 0 Å². The number of carboxylic acids is 1.